The topological polar surface area (TPSA) is 207 Å². The molecule has 1 aromatic heterocycles. The van der Waals surface area contributed by atoms with Crippen molar-refractivity contribution in [2.45, 2.75) is 124 Å². The van der Waals surface area contributed by atoms with Crippen molar-refractivity contribution >= 4 is 71.1 Å². The Morgan fingerprint density at radius 2 is 1.70 bits per heavy atom. The Morgan fingerprint density at radius 1 is 0.929 bits per heavy atom. The van der Waals surface area contributed by atoms with Gasteiger partial charge in [0.1, 0.15) is 23.1 Å². The minimum absolute atomic E-state index is 0.0877. The van der Waals surface area contributed by atoms with Gasteiger partial charge in [-0.3, -0.25) is 53.3 Å². The van der Waals surface area contributed by atoms with Crippen LogP contribution in [0.1, 0.15) is 106 Å². The molecule has 70 heavy (non-hydrogen) atoms. The second kappa shape index (κ2) is 19.2. The fourth-order valence-corrected chi connectivity index (χ4v) is 14.7. The summed E-state index contributed by atoms with van der Waals surface area (Å²) in [7, 11) is -2.85. The molecule has 20 heteroatoms. The van der Waals surface area contributed by atoms with Gasteiger partial charge in [-0.2, -0.15) is 0 Å². The lowest BCUT2D eigenvalue weighted by atomic mass is 9.55. The van der Waals surface area contributed by atoms with E-state index in [1.807, 2.05) is 29.2 Å². The summed E-state index contributed by atoms with van der Waals surface area (Å²) in [6.07, 6.45) is 8.47. The Kier molecular flexibility index (Phi) is 13.5. The van der Waals surface area contributed by atoms with Crippen LogP contribution in [0.5, 0.6) is 0 Å². The number of hydrogen-bond acceptors (Lipinski definition) is 9. The zero-order valence-electron chi connectivity index (χ0n) is 39.1. The molecule has 5 atom stereocenters. The second-order valence-corrected chi connectivity index (χ2v) is 23.2. The Morgan fingerprint density at radius 3 is 2.44 bits per heavy atom. The van der Waals surface area contributed by atoms with Crippen LogP contribution < -0.4 is 27.0 Å². The molecule has 10 rings (SSSR count). The van der Waals surface area contributed by atoms with Crippen LogP contribution in [0.25, 0.3) is 11.0 Å². The van der Waals surface area contributed by atoms with Gasteiger partial charge in [0.2, 0.25) is 23.6 Å². The first-order valence-corrected chi connectivity index (χ1v) is 27.1. The summed E-state index contributed by atoms with van der Waals surface area (Å²) in [6.45, 7) is 2.50. The molecule has 5 heterocycles. The maximum atomic E-state index is 16.4. The van der Waals surface area contributed by atoms with Crippen LogP contribution in [0.15, 0.2) is 59.4 Å². The second-order valence-electron chi connectivity index (χ2n) is 20.5. The number of piperidine rings is 1. The molecule has 374 valence electrons. The molecular weight excluding hydrogens is 961 g/mol. The van der Waals surface area contributed by atoms with Crippen LogP contribution in [-0.4, -0.2) is 108 Å². The Bertz CT molecular complexity index is 2860. The number of nitrogens with one attached hydrogen (secondary N) is 4. The van der Waals surface area contributed by atoms with Crippen molar-refractivity contribution in [1.29, 1.82) is 0 Å². The van der Waals surface area contributed by atoms with E-state index in [0.717, 1.165) is 44.1 Å². The molecule has 3 aromatic carbocycles. The van der Waals surface area contributed by atoms with E-state index in [-0.39, 0.29) is 65.3 Å². The SMILES string of the molecule is Cn1c(=O)n(C2CCC(=O)NC2=O)c2ccc(CCCN3CCN(CC4CCC(NC(=O)[C@@H]5NC6(CCCCC6)[C@@]6(C(=O)Nc7cc(Cl)ccc76)[C@H]5c5cccc(Cl)c5F)CC4)C(P(=O)(O)O)C3)cc21. The van der Waals surface area contributed by atoms with Crippen molar-refractivity contribution in [3.63, 3.8) is 0 Å². The molecule has 2 spiro atoms. The summed E-state index contributed by atoms with van der Waals surface area (Å²) in [5, 5.41) is 12.8. The summed E-state index contributed by atoms with van der Waals surface area (Å²) in [6, 6.07) is 13.8. The minimum Gasteiger partial charge on any atom is -0.352 e. The fraction of sp³-hybridized carbons (Fsp3) is 0.540. The van der Waals surface area contributed by atoms with E-state index in [1.54, 1.807) is 31.3 Å². The third kappa shape index (κ3) is 8.65. The van der Waals surface area contributed by atoms with Gasteiger partial charge in [-0.25, -0.2) is 9.18 Å². The van der Waals surface area contributed by atoms with Crippen LogP contribution in [0, 0.1) is 11.7 Å². The average molecular weight is 1020 g/mol. The summed E-state index contributed by atoms with van der Waals surface area (Å²) >= 11 is 12.9. The smallest absolute Gasteiger partial charge is 0.343 e. The number of nitrogens with zero attached hydrogens (tertiary/aromatic N) is 4. The monoisotopic (exact) mass is 1020 g/mol. The highest BCUT2D eigenvalue weighted by molar-refractivity contribution is 7.52. The van der Waals surface area contributed by atoms with Gasteiger partial charge in [0.25, 0.3) is 0 Å². The number of imidazole rings is 1. The summed E-state index contributed by atoms with van der Waals surface area (Å²) in [4.78, 5) is 92.4. The van der Waals surface area contributed by atoms with E-state index in [2.05, 4.69) is 26.2 Å². The lowest BCUT2D eigenvalue weighted by Crippen LogP contribution is -2.60. The molecule has 0 radical (unpaired) electrons. The van der Waals surface area contributed by atoms with E-state index >= 15 is 4.39 Å². The average Bonchev–Trinajstić information content (AvgIpc) is 3.88. The number of amides is 4. The van der Waals surface area contributed by atoms with Gasteiger partial charge in [0.15, 0.2) is 0 Å². The van der Waals surface area contributed by atoms with E-state index < -0.39 is 54.1 Å². The highest BCUT2D eigenvalue weighted by Gasteiger charge is 2.72. The van der Waals surface area contributed by atoms with Gasteiger partial charge in [-0.1, -0.05) is 66.7 Å². The number of aryl methyl sites for hydroxylation is 2. The quantitative estimate of drug-likeness (QED) is 0.0778. The van der Waals surface area contributed by atoms with Gasteiger partial charge >= 0.3 is 13.3 Å². The van der Waals surface area contributed by atoms with Crippen LogP contribution in [0.3, 0.4) is 0 Å². The zero-order valence-corrected chi connectivity index (χ0v) is 41.5. The number of rotatable bonds is 11. The summed E-state index contributed by atoms with van der Waals surface area (Å²) < 4.78 is 32.4. The van der Waals surface area contributed by atoms with Crippen LogP contribution >= 0.6 is 30.8 Å². The normalized spacial score (nSPS) is 28.3. The number of imide groups is 1. The third-order valence-electron chi connectivity index (χ3n) is 16.5. The number of benzene rings is 3. The predicted molar refractivity (Wildman–Crippen MR) is 263 cm³/mol. The molecule has 4 aliphatic heterocycles. The highest BCUT2D eigenvalue weighted by atomic mass is 35.5. The summed E-state index contributed by atoms with van der Waals surface area (Å²) in [5.41, 5.74) is 1.24. The van der Waals surface area contributed by atoms with Gasteiger partial charge in [-0.15, -0.1) is 0 Å². The fourth-order valence-electron chi connectivity index (χ4n) is 13.2. The first-order chi connectivity index (χ1) is 33.5. The third-order valence-corrected chi connectivity index (χ3v) is 18.3. The Hall–Kier alpha value is -4.45. The molecule has 3 saturated heterocycles. The maximum Gasteiger partial charge on any atom is 0.343 e. The van der Waals surface area contributed by atoms with Gasteiger partial charge < -0.3 is 20.4 Å². The number of hydrogen-bond donors (Lipinski definition) is 6. The first-order valence-electron chi connectivity index (χ1n) is 24.7. The Labute approximate surface area is 415 Å². The molecule has 2 aliphatic carbocycles. The van der Waals surface area contributed by atoms with Crippen molar-refractivity contribution in [1.82, 2.24) is 34.9 Å². The maximum absolute atomic E-state index is 16.4. The standard InChI is InChI=1S/C50H60Cl2FN8O8P/c1-58-39-25-29(12-17-37(39)61(48(58)66)38-18-19-40(62)56-45(38)63)7-6-22-59-23-24-60(41(28-59)70(67,68)69)27-30-10-14-32(15-11-30)54-46(64)44-42(33-8-5-9-35(52)43(33)53)50(49(57-44)20-3-2-4-21-49)34-16-13-31(51)26-36(34)55-47(50)65/h5,8-9,12-13,16-17,25-26,30,32,38,41-42,44,57H,2-4,6-7,10-11,14-15,18-24,27-28H2,1H3,(H,54,64)(H,55,65)(H,56,62,63)(H2,67,68,69)/t30?,32?,38?,41?,42-,44+,50+/m0/s1. The lowest BCUT2D eigenvalue weighted by molar-refractivity contribution is -0.136. The first kappa shape index (κ1) is 49.1. The van der Waals surface area contributed by atoms with Crippen LogP contribution in [0.4, 0.5) is 10.1 Å². The zero-order chi connectivity index (χ0) is 49.3. The van der Waals surface area contributed by atoms with Gasteiger partial charge in [-0.05, 0) is 117 Å². The lowest BCUT2D eigenvalue weighted by Gasteiger charge is -2.47. The summed E-state index contributed by atoms with van der Waals surface area (Å²) in [5.74, 6) is -3.82. The molecule has 0 bridgehead atoms. The van der Waals surface area contributed by atoms with Gasteiger partial charge in [0, 0.05) is 67.9 Å². The molecule has 4 amide bonds. The molecule has 5 fully saturated rings. The van der Waals surface area contributed by atoms with E-state index in [9.17, 15) is 38.3 Å². The molecule has 6 aliphatic rings. The van der Waals surface area contributed by atoms with Crippen molar-refractivity contribution in [2.75, 3.05) is 38.0 Å². The predicted octanol–water partition coefficient (Wildman–Crippen LogP) is 5.84. The largest absolute Gasteiger partial charge is 0.352 e. The number of aromatic nitrogens is 2. The number of piperazine rings is 1. The highest BCUT2D eigenvalue weighted by Crippen LogP contribution is 2.63. The van der Waals surface area contributed by atoms with E-state index in [1.165, 1.54) is 15.2 Å². The van der Waals surface area contributed by atoms with Crippen molar-refractivity contribution < 1.29 is 37.9 Å². The number of halogens is 3. The van der Waals surface area contributed by atoms with Crippen molar-refractivity contribution in [3.05, 3.63) is 97.6 Å². The van der Waals surface area contributed by atoms with Gasteiger partial charge in [0.05, 0.1) is 22.1 Å². The molecule has 4 aromatic rings. The minimum atomic E-state index is -4.51. The van der Waals surface area contributed by atoms with E-state index in [4.69, 9.17) is 23.2 Å². The number of carbonyl (C=O) groups is 4. The number of carbonyl (C=O) groups excluding carboxylic acids is 4. The molecular formula is C50H60Cl2FN8O8P. The molecule has 6 N–H and O–H groups in total. The van der Waals surface area contributed by atoms with Crippen LogP contribution in [0.2, 0.25) is 10.0 Å². The molecule has 2 unspecified atom stereocenters. The van der Waals surface area contributed by atoms with Crippen molar-refractivity contribution in [2.24, 2.45) is 13.0 Å². The Balaban J connectivity index is 0.776. The number of fused-ring (bicyclic) bond motifs is 4. The molecule has 16 nitrogen and oxygen atoms in total. The number of anilines is 1. The van der Waals surface area contributed by atoms with Crippen LogP contribution in [-0.2, 0) is 42.6 Å². The molecule has 2 saturated carbocycles. The van der Waals surface area contributed by atoms with Crippen molar-refractivity contribution in [3.8, 4) is 0 Å². The van der Waals surface area contributed by atoms with E-state index in [0.29, 0.717) is 85.6 Å².